The summed E-state index contributed by atoms with van der Waals surface area (Å²) in [7, 11) is 0. The predicted molar refractivity (Wildman–Crippen MR) is 87.7 cm³/mol. The largest absolute Gasteiger partial charge is 0.481 e. The van der Waals surface area contributed by atoms with Crippen LogP contribution in [0.4, 0.5) is 0 Å². The lowest BCUT2D eigenvalue weighted by Crippen LogP contribution is -2.38. The molecule has 0 aromatic carbocycles. The lowest BCUT2D eigenvalue weighted by molar-refractivity contribution is -0.139. The third kappa shape index (κ3) is 3.87. The molecule has 0 aliphatic carbocycles. The van der Waals surface area contributed by atoms with Crippen molar-refractivity contribution < 1.29 is 14.7 Å². The number of nitrogens with zero attached hydrogens (tertiary/aromatic N) is 5. The van der Waals surface area contributed by atoms with Gasteiger partial charge in [-0.3, -0.25) is 9.59 Å². The standard InChI is InChI=1S/C16H23N5O3/c1-10(2)20(8-7-15(23)24)14(22)6-5-13-11(3)19-16-17-9-18-21(16)12(13)4/h9-10H,5-8H2,1-4H3,(H,23,24). The highest BCUT2D eigenvalue weighted by molar-refractivity contribution is 5.77. The molecule has 0 atom stereocenters. The number of amides is 1. The van der Waals surface area contributed by atoms with Gasteiger partial charge in [0.2, 0.25) is 5.91 Å². The third-order valence-corrected chi connectivity index (χ3v) is 4.09. The molecule has 1 N–H and O–H groups in total. The average Bonchev–Trinajstić information content (AvgIpc) is 2.94. The van der Waals surface area contributed by atoms with E-state index < -0.39 is 5.97 Å². The van der Waals surface area contributed by atoms with Gasteiger partial charge in [0.15, 0.2) is 0 Å². The van der Waals surface area contributed by atoms with Crippen molar-refractivity contribution >= 4 is 17.7 Å². The summed E-state index contributed by atoms with van der Waals surface area (Å²) >= 11 is 0. The average molecular weight is 333 g/mol. The second kappa shape index (κ2) is 7.37. The smallest absolute Gasteiger partial charge is 0.305 e. The maximum absolute atomic E-state index is 12.5. The molecular weight excluding hydrogens is 310 g/mol. The van der Waals surface area contributed by atoms with E-state index in [2.05, 4.69) is 15.1 Å². The Morgan fingerprint density at radius 3 is 2.62 bits per heavy atom. The molecular formula is C16H23N5O3. The quantitative estimate of drug-likeness (QED) is 0.821. The molecule has 2 aromatic rings. The van der Waals surface area contributed by atoms with Crippen molar-refractivity contribution in [1.29, 1.82) is 0 Å². The first-order valence-electron chi connectivity index (χ1n) is 7.98. The first kappa shape index (κ1) is 17.8. The summed E-state index contributed by atoms with van der Waals surface area (Å²) in [6.07, 6.45) is 2.25. The Bertz CT molecular complexity index is 753. The molecule has 0 saturated heterocycles. The molecule has 2 heterocycles. The van der Waals surface area contributed by atoms with Crippen molar-refractivity contribution in [3.8, 4) is 0 Å². The van der Waals surface area contributed by atoms with Gasteiger partial charge >= 0.3 is 5.97 Å². The SMILES string of the molecule is Cc1nc2ncnn2c(C)c1CCC(=O)N(CCC(=O)O)C(C)C. The van der Waals surface area contributed by atoms with E-state index in [0.717, 1.165) is 17.0 Å². The number of aryl methyl sites for hydroxylation is 2. The van der Waals surface area contributed by atoms with Gasteiger partial charge in [0.05, 0.1) is 6.42 Å². The maximum atomic E-state index is 12.5. The Morgan fingerprint density at radius 1 is 1.29 bits per heavy atom. The van der Waals surface area contributed by atoms with Crippen LogP contribution in [0.1, 0.15) is 43.6 Å². The zero-order chi connectivity index (χ0) is 17.9. The molecule has 0 unspecified atom stereocenters. The molecule has 0 aliphatic heterocycles. The zero-order valence-electron chi connectivity index (χ0n) is 14.5. The van der Waals surface area contributed by atoms with Crippen molar-refractivity contribution in [3.63, 3.8) is 0 Å². The van der Waals surface area contributed by atoms with Crippen LogP contribution in [0.2, 0.25) is 0 Å². The molecule has 1 amide bonds. The van der Waals surface area contributed by atoms with E-state index in [-0.39, 0.29) is 24.9 Å². The normalized spacial score (nSPS) is 11.2. The number of hydrogen-bond donors (Lipinski definition) is 1. The molecule has 2 aromatic heterocycles. The minimum Gasteiger partial charge on any atom is -0.481 e. The van der Waals surface area contributed by atoms with Gasteiger partial charge in [0, 0.05) is 30.4 Å². The summed E-state index contributed by atoms with van der Waals surface area (Å²) in [5, 5.41) is 13.0. The van der Waals surface area contributed by atoms with E-state index >= 15 is 0 Å². The number of carbonyl (C=O) groups excluding carboxylic acids is 1. The van der Waals surface area contributed by atoms with Crippen LogP contribution in [-0.2, 0) is 16.0 Å². The molecule has 0 spiro atoms. The Balaban J connectivity index is 2.11. The minimum absolute atomic E-state index is 0.0324. The molecule has 8 heteroatoms. The van der Waals surface area contributed by atoms with Crippen molar-refractivity contribution in [2.45, 2.75) is 53.0 Å². The molecule has 0 fully saturated rings. The van der Waals surface area contributed by atoms with E-state index in [1.54, 1.807) is 9.42 Å². The van der Waals surface area contributed by atoms with E-state index in [1.165, 1.54) is 6.33 Å². The first-order chi connectivity index (χ1) is 11.3. The number of hydrogen-bond acceptors (Lipinski definition) is 5. The number of carboxylic acid groups (broad SMARTS) is 1. The zero-order valence-corrected chi connectivity index (χ0v) is 14.5. The Labute approximate surface area is 140 Å². The van der Waals surface area contributed by atoms with Gasteiger partial charge in [-0.25, -0.2) is 9.50 Å². The highest BCUT2D eigenvalue weighted by Crippen LogP contribution is 2.16. The van der Waals surface area contributed by atoms with Crippen LogP contribution in [0.15, 0.2) is 6.33 Å². The van der Waals surface area contributed by atoms with Crippen LogP contribution < -0.4 is 0 Å². The van der Waals surface area contributed by atoms with E-state index in [0.29, 0.717) is 18.6 Å². The van der Waals surface area contributed by atoms with Crippen LogP contribution in [-0.4, -0.2) is 54.1 Å². The molecule has 0 saturated carbocycles. The maximum Gasteiger partial charge on any atom is 0.305 e. The Hall–Kier alpha value is -2.51. The third-order valence-electron chi connectivity index (χ3n) is 4.09. The molecule has 0 bridgehead atoms. The van der Waals surface area contributed by atoms with Crippen LogP contribution in [0.3, 0.4) is 0 Å². The Morgan fingerprint density at radius 2 is 2.00 bits per heavy atom. The van der Waals surface area contributed by atoms with Gasteiger partial charge < -0.3 is 10.0 Å². The van der Waals surface area contributed by atoms with Crippen molar-refractivity contribution in [3.05, 3.63) is 23.3 Å². The second-order valence-corrected chi connectivity index (χ2v) is 6.06. The summed E-state index contributed by atoms with van der Waals surface area (Å²) < 4.78 is 1.66. The number of carboxylic acids is 1. The first-order valence-corrected chi connectivity index (χ1v) is 7.98. The minimum atomic E-state index is -0.902. The fraction of sp³-hybridized carbons (Fsp3) is 0.562. The van der Waals surface area contributed by atoms with Gasteiger partial charge in [-0.1, -0.05) is 0 Å². The lowest BCUT2D eigenvalue weighted by Gasteiger charge is -2.26. The van der Waals surface area contributed by atoms with E-state index in [9.17, 15) is 9.59 Å². The number of aliphatic carboxylic acids is 1. The van der Waals surface area contributed by atoms with Gasteiger partial charge in [-0.2, -0.15) is 10.1 Å². The monoisotopic (exact) mass is 333 g/mol. The van der Waals surface area contributed by atoms with Crippen molar-refractivity contribution in [2.75, 3.05) is 6.54 Å². The predicted octanol–water partition coefficient (Wildman–Crippen LogP) is 1.39. The molecule has 0 aliphatic rings. The summed E-state index contributed by atoms with van der Waals surface area (Å²) in [5.74, 6) is -0.407. The number of aromatic nitrogens is 4. The second-order valence-electron chi connectivity index (χ2n) is 6.06. The summed E-state index contributed by atoms with van der Waals surface area (Å²) in [6, 6.07) is -0.0324. The fourth-order valence-corrected chi connectivity index (χ4v) is 2.78. The molecule has 130 valence electrons. The Kier molecular flexibility index (Phi) is 5.48. The molecule has 8 nitrogen and oxygen atoms in total. The van der Waals surface area contributed by atoms with Gasteiger partial charge in [0.25, 0.3) is 5.78 Å². The number of rotatable bonds is 7. The lowest BCUT2D eigenvalue weighted by atomic mass is 10.1. The number of carbonyl (C=O) groups is 2. The highest BCUT2D eigenvalue weighted by Gasteiger charge is 2.19. The molecule has 2 rings (SSSR count). The van der Waals surface area contributed by atoms with Crippen LogP contribution in [0.25, 0.3) is 5.78 Å². The highest BCUT2D eigenvalue weighted by atomic mass is 16.4. The molecule has 0 radical (unpaired) electrons. The summed E-state index contributed by atoms with van der Waals surface area (Å²) in [6.45, 7) is 7.83. The van der Waals surface area contributed by atoms with Crippen LogP contribution in [0, 0.1) is 13.8 Å². The number of fused-ring (bicyclic) bond motifs is 1. The molecule has 24 heavy (non-hydrogen) atoms. The van der Waals surface area contributed by atoms with E-state index in [4.69, 9.17) is 5.11 Å². The van der Waals surface area contributed by atoms with Crippen molar-refractivity contribution in [2.24, 2.45) is 0 Å². The van der Waals surface area contributed by atoms with Gasteiger partial charge in [-0.05, 0) is 39.7 Å². The van der Waals surface area contributed by atoms with E-state index in [1.807, 2.05) is 27.7 Å². The van der Waals surface area contributed by atoms with Gasteiger partial charge in [-0.15, -0.1) is 0 Å². The van der Waals surface area contributed by atoms with Crippen molar-refractivity contribution in [1.82, 2.24) is 24.5 Å². The topological polar surface area (TPSA) is 101 Å². The van der Waals surface area contributed by atoms with Crippen LogP contribution in [0.5, 0.6) is 0 Å². The van der Waals surface area contributed by atoms with Gasteiger partial charge in [0.1, 0.15) is 6.33 Å². The van der Waals surface area contributed by atoms with Crippen LogP contribution >= 0.6 is 0 Å². The fourth-order valence-electron chi connectivity index (χ4n) is 2.78. The summed E-state index contributed by atoms with van der Waals surface area (Å²) in [4.78, 5) is 33.3. The summed E-state index contributed by atoms with van der Waals surface area (Å²) in [5.41, 5.74) is 2.73.